The zero-order valence-electron chi connectivity index (χ0n) is 19.9. The largest absolute Gasteiger partial charge is 0.493 e. The van der Waals surface area contributed by atoms with E-state index in [1.54, 1.807) is 24.3 Å². The van der Waals surface area contributed by atoms with Crippen molar-refractivity contribution in [2.75, 3.05) is 13.7 Å². The van der Waals surface area contributed by atoms with Crippen LogP contribution in [0.4, 0.5) is 0 Å². The molecule has 0 unspecified atom stereocenters. The Labute approximate surface area is 193 Å². The van der Waals surface area contributed by atoms with E-state index < -0.39 is 5.97 Å². The van der Waals surface area contributed by atoms with Crippen molar-refractivity contribution >= 4 is 11.8 Å². The molecule has 0 amide bonds. The number of nitrogens with zero attached hydrogens (tertiary/aromatic N) is 1. The minimum absolute atomic E-state index is 0.00392. The Balaban J connectivity index is 1.62. The molecule has 0 atom stereocenters. The van der Waals surface area contributed by atoms with E-state index in [1.807, 2.05) is 26.0 Å². The maximum absolute atomic E-state index is 12.5. The number of ketones is 1. The van der Waals surface area contributed by atoms with Crippen LogP contribution in [0.25, 0.3) is 0 Å². The second-order valence-corrected chi connectivity index (χ2v) is 8.78. The maximum Gasteiger partial charge on any atom is 0.338 e. The van der Waals surface area contributed by atoms with Crippen LogP contribution in [-0.4, -0.2) is 30.6 Å². The van der Waals surface area contributed by atoms with Crippen LogP contribution in [-0.2, 0) is 16.8 Å². The minimum Gasteiger partial charge on any atom is -0.493 e. The third-order valence-corrected chi connectivity index (χ3v) is 5.36. The third-order valence-electron chi connectivity index (χ3n) is 5.36. The summed E-state index contributed by atoms with van der Waals surface area (Å²) in [6.07, 6.45) is 0. The molecule has 0 spiro atoms. The SMILES string of the molecule is COc1cc(C(=O)OCC(=O)c2ccc(C(C)(C)C)cc2)ccc1OCc1c(C)noc1C. The highest BCUT2D eigenvalue weighted by atomic mass is 16.5. The number of rotatable bonds is 8. The van der Waals surface area contributed by atoms with Crippen molar-refractivity contribution in [1.82, 2.24) is 5.16 Å². The smallest absolute Gasteiger partial charge is 0.338 e. The Morgan fingerprint density at radius 1 is 0.970 bits per heavy atom. The van der Waals surface area contributed by atoms with Gasteiger partial charge in [-0.1, -0.05) is 50.2 Å². The second-order valence-electron chi connectivity index (χ2n) is 8.78. The predicted octanol–water partition coefficient (Wildman–Crippen LogP) is 5.22. The van der Waals surface area contributed by atoms with Gasteiger partial charge in [0.25, 0.3) is 0 Å². The highest BCUT2D eigenvalue weighted by Gasteiger charge is 2.18. The normalized spacial score (nSPS) is 11.2. The van der Waals surface area contributed by atoms with Crippen molar-refractivity contribution < 1.29 is 28.3 Å². The third kappa shape index (κ3) is 5.80. The Hall–Kier alpha value is -3.61. The van der Waals surface area contributed by atoms with Crippen molar-refractivity contribution in [3.05, 3.63) is 76.2 Å². The average Bonchev–Trinajstić information content (AvgIpc) is 3.12. The number of methoxy groups -OCH3 is 1. The van der Waals surface area contributed by atoms with E-state index in [9.17, 15) is 9.59 Å². The summed E-state index contributed by atoms with van der Waals surface area (Å²) >= 11 is 0. The topological polar surface area (TPSA) is 87.9 Å². The van der Waals surface area contributed by atoms with E-state index in [-0.39, 0.29) is 30.0 Å². The summed E-state index contributed by atoms with van der Waals surface area (Å²) in [6.45, 7) is 9.87. The molecule has 0 N–H and O–H groups in total. The molecule has 0 saturated carbocycles. The second kappa shape index (κ2) is 9.90. The number of aryl methyl sites for hydroxylation is 2. The number of esters is 1. The highest BCUT2D eigenvalue weighted by molar-refractivity contribution is 5.99. The van der Waals surface area contributed by atoms with Crippen LogP contribution < -0.4 is 9.47 Å². The van der Waals surface area contributed by atoms with Crippen LogP contribution >= 0.6 is 0 Å². The van der Waals surface area contributed by atoms with Crippen LogP contribution in [0.5, 0.6) is 11.5 Å². The quantitative estimate of drug-likeness (QED) is 0.343. The van der Waals surface area contributed by atoms with Gasteiger partial charge >= 0.3 is 5.97 Å². The van der Waals surface area contributed by atoms with Crippen molar-refractivity contribution in [1.29, 1.82) is 0 Å². The van der Waals surface area contributed by atoms with Crippen molar-refractivity contribution in [3.8, 4) is 11.5 Å². The molecule has 174 valence electrons. The van der Waals surface area contributed by atoms with Gasteiger partial charge in [-0.2, -0.15) is 0 Å². The van der Waals surface area contributed by atoms with Gasteiger partial charge in [-0.05, 0) is 43.0 Å². The van der Waals surface area contributed by atoms with E-state index in [0.717, 1.165) is 16.8 Å². The predicted molar refractivity (Wildman–Crippen MR) is 123 cm³/mol. The Bertz CT molecular complexity index is 1120. The molecule has 3 aromatic rings. The molecule has 0 bridgehead atoms. The fraction of sp³-hybridized carbons (Fsp3) is 0.346. The number of Topliss-reactive ketones (excluding diaryl/α,β-unsaturated/α-hetero) is 1. The Morgan fingerprint density at radius 2 is 1.64 bits per heavy atom. The van der Waals surface area contributed by atoms with Gasteiger partial charge in [-0.25, -0.2) is 4.79 Å². The van der Waals surface area contributed by atoms with E-state index in [1.165, 1.54) is 13.2 Å². The zero-order chi connectivity index (χ0) is 24.2. The first-order valence-corrected chi connectivity index (χ1v) is 10.6. The van der Waals surface area contributed by atoms with Crippen molar-refractivity contribution in [2.45, 2.75) is 46.6 Å². The van der Waals surface area contributed by atoms with Gasteiger partial charge in [0.05, 0.1) is 23.9 Å². The van der Waals surface area contributed by atoms with Gasteiger partial charge in [0.15, 0.2) is 23.9 Å². The molecule has 0 fully saturated rings. The van der Waals surface area contributed by atoms with Gasteiger partial charge < -0.3 is 18.7 Å². The summed E-state index contributed by atoms with van der Waals surface area (Å²) in [5, 5.41) is 3.90. The number of hydrogen-bond acceptors (Lipinski definition) is 7. The molecule has 0 aliphatic carbocycles. The van der Waals surface area contributed by atoms with Gasteiger partial charge in [0.2, 0.25) is 0 Å². The van der Waals surface area contributed by atoms with Gasteiger partial charge in [-0.15, -0.1) is 0 Å². The summed E-state index contributed by atoms with van der Waals surface area (Å²) < 4.78 is 21.6. The molecule has 1 heterocycles. The Morgan fingerprint density at radius 3 is 2.21 bits per heavy atom. The first-order valence-electron chi connectivity index (χ1n) is 10.6. The van der Waals surface area contributed by atoms with Crippen molar-refractivity contribution in [3.63, 3.8) is 0 Å². The monoisotopic (exact) mass is 451 g/mol. The summed E-state index contributed by atoms with van der Waals surface area (Å²) in [5.74, 6) is 0.633. The van der Waals surface area contributed by atoms with Gasteiger partial charge in [-0.3, -0.25) is 4.79 Å². The molecule has 2 aromatic carbocycles. The molecule has 0 saturated heterocycles. The summed E-state index contributed by atoms with van der Waals surface area (Å²) in [5.41, 5.74) is 3.48. The lowest BCUT2D eigenvalue weighted by atomic mass is 9.86. The molecule has 0 aliphatic rings. The number of benzene rings is 2. The number of aromatic nitrogens is 1. The van der Waals surface area contributed by atoms with Crippen LogP contribution in [0.15, 0.2) is 47.0 Å². The number of carbonyl (C=O) groups is 2. The maximum atomic E-state index is 12.5. The molecule has 3 rings (SSSR count). The summed E-state index contributed by atoms with van der Waals surface area (Å²) in [4.78, 5) is 24.9. The van der Waals surface area contributed by atoms with Crippen LogP contribution in [0.3, 0.4) is 0 Å². The highest BCUT2D eigenvalue weighted by Crippen LogP contribution is 2.30. The lowest BCUT2D eigenvalue weighted by Crippen LogP contribution is -2.15. The minimum atomic E-state index is -0.620. The number of ether oxygens (including phenoxy) is 3. The van der Waals surface area contributed by atoms with Gasteiger partial charge in [0, 0.05) is 5.56 Å². The summed E-state index contributed by atoms with van der Waals surface area (Å²) in [7, 11) is 1.48. The molecule has 33 heavy (non-hydrogen) atoms. The van der Waals surface area contributed by atoms with Crippen LogP contribution in [0, 0.1) is 13.8 Å². The fourth-order valence-electron chi connectivity index (χ4n) is 3.23. The molecular weight excluding hydrogens is 422 g/mol. The van der Waals surface area contributed by atoms with Crippen molar-refractivity contribution in [2.24, 2.45) is 0 Å². The summed E-state index contributed by atoms with van der Waals surface area (Å²) in [6, 6.07) is 12.1. The first-order chi connectivity index (χ1) is 15.6. The fourth-order valence-corrected chi connectivity index (χ4v) is 3.23. The Kier molecular flexibility index (Phi) is 7.21. The zero-order valence-corrected chi connectivity index (χ0v) is 19.9. The van der Waals surface area contributed by atoms with E-state index in [2.05, 4.69) is 25.9 Å². The van der Waals surface area contributed by atoms with Crippen LogP contribution in [0.2, 0.25) is 0 Å². The molecule has 0 radical (unpaired) electrons. The van der Waals surface area contributed by atoms with E-state index in [4.69, 9.17) is 18.7 Å². The lowest BCUT2D eigenvalue weighted by Gasteiger charge is -2.19. The molecule has 1 aromatic heterocycles. The average molecular weight is 452 g/mol. The van der Waals surface area contributed by atoms with Gasteiger partial charge in [0.1, 0.15) is 12.4 Å². The molecule has 7 heteroatoms. The standard InChI is InChI=1S/C26H29NO6/c1-16-21(17(2)33-27-16)14-31-23-12-9-19(13-24(23)30-6)25(29)32-15-22(28)18-7-10-20(11-8-18)26(3,4)5/h7-13H,14-15H2,1-6H3. The number of carbonyl (C=O) groups excluding carboxylic acids is 2. The lowest BCUT2D eigenvalue weighted by molar-refractivity contribution is 0.0474. The molecule has 7 nitrogen and oxygen atoms in total. The van der Waals surface area contributed by atoms with Crippen LogP contribution in [0.1, 0.15) is 64.1 Å². The first kappa shape index (κ1) is 24.0. The molecule has 0 aliphatic heterocycles. The molecular formula is C26H29NO6. The van der Waals surface area contributed by atoms with E-state index in [0.29, 0.717) is 22.8 Å². The number of hydrogen-bond donors (Lipinski definition) is 0. The van der Waals surface area contributed by atoms with E-state index >= 15 is 0 Å².